The Labute approximate surface area is 230 Å². The van der Waals surface area contributed by atoms with E-state index in [9.17, 15) is 18.0 Å². The number of rotatable bonds is 7. The minimum atomic E-state index is -4.33. The highest BCUT2D eigenvalue weighted by Gasteiger charge is 2.31. The highest BCUT2D eigenvalue weighted by molar-refractivity contribution is 5.94. The molecular weight excluding hydrogens is 497 g/mol. The predicted octanol–water partition coefficient (Wildman–Crippen LogP) is 8.63. The minimum absolute atomic E-state index is 0.00688. The zero-order valence-electron chi connectivity index (χ0n) is 23.1. The average molecular weight is 535 g/mol. The summed E-state index contributed by atoms with van der Waals surface area (Å²) in [5.41, 5.74) is 4.44. The molecule has 1 aliphatic heterocycles. The SMILES string of the molecule is CC(c1ccccc1)c1ccccc1.CC=NC1=C(C(C)=O)CN(C(CC)c2ccc(C(F)(F)F)cc2)CC1. The second kappa shape index (κ2) is 14.0. The molecule has 0 saturated heterocycles. The number of alkyl halides is 3. The fraction of sp³-hybridized carbons (Fsp3) is 0.333. The predicted molar refractivity (Wildman–Crippen MR) is 153 cm³/mol. The van der Waals surface area contributed by atoms with Crippen molar-refractivity contribution >= 4 is 12.0 Å². The molecule has 1 aliphatic rings. The first-order valence-electron chi connectivity index (χ1n) is 13.4. The van der Waals surface area contributed by atoms with Crippen molar-refractivity contribution in [3.05, 3.63) is 118 Å². The van der Waals surface area contributed by atoms with Gasteiger partial charge in [0.15, 0.2) is 5.78 Å². The molecule has 3 aromatic carbocycles. The van der Waals surface area contributed by atoms with E-state index in [0.29, 0.717) is 24.5 Å². The van der Waals surface area contributed by atoms with E-state index >= 15 is 0 Å². The molecule has 4 rings (SSSR count). The zero-order chi connectivity index (χ0) is 28.4. The Morgan fingerprint density at radius 1 is 0.923 bits per heavy atom. The first kappa shape index (κ1) is 30.0. The van der Waals surface area contributed by atoms with Gasteiger partial charge in [-0.1, -0.05) is 86.6 Å². The third-order valence-electron chi connectivity index (χ3n) is 7.10. The van der Waals surface area contributed by atoms with Gasteiger partial charge in [-0.05, 0) is 49.1 Å². The Bertz CT molecular complexity index is 1210. The minimum Gasteiger partial charge on any atom is -0.295 e. The van der Waals surface area contributed by atoms with Gasteiger partial charge in [-0.3, -0.25) is 14.7 Å². The summed E-state index contributed by atoms with van der Waals surface area (Å²) in [6.07, 6.45) is -1.23. The van der Waals surface area contributed by atoms with Crippen molar-refractivity contribution in [3.8, 4) is 0 Å². The van der Waals surface area contributed by atoms with E-state index in [1.807, 2.05) is 13.8 Å². The average Bonchev–Trinajstić information content (AvgIpc) is 2.95. The molecule has 39 heavy (non-hydrogen) atoms. The van der Waals surface area contributed by atoms with Crippen molar-refractivity contribution in [3.63, 3.8) is 0 Å². The molecule has 0 fully saturated rings. The summed E-state index contributed by atoms with van der Waals surface area (Å²) in [6.45, 7) is 8.78. The number of carbonyl (C=O) groups is 1. The lowest BCUT2D eigenvalue weighted by Crippen LogP contribution is -2.36. The molecule has 0 radical (unpaired) electrons. The fourth-order valence-electron chi connectivity index (χ4n) is 4.93. The Hall–Kier alpha value is -3.51. The van der Waals surface area contributed by atoms with Gasteiger partial charge in [-0.25, -0.2) is 0 Å². The van der Waals surface area contributed by atoms with Crippen molar-refractivity contribution in [1.82, 2.24) is 4.90 Å². The van der Waals surface area contributed by atoms with E-state index in [4.69, 9.17) is 0 Å². The van der Waals surface area contributed by atoms with Gasteiger partial charge < -0.3 is 0 Å². The van der Waals surface area contributed by atoms with Crippen LogP contribution in [0, 0.1) is 0 Å². The molecule has 206 valence electrons. The summed E-state index contributed by atoms with van der Waals surface area (Å²) >= 11 is 0. The highest BCUT2D eigenvalue weighted by atomic mass is 19.4. The van der Waals surface area contributed by atoms with Crippen molar-refractivity contribution in [1.29, 1.82) is 0 Å². The summed E-state index contributed by atoms with van der Waals surface area (Å²) in [5.74, 6) is 0.477. The molecule has 0 N–H and O–H groups in total. The van der Waals surface area contributed by atoms with Gasteiger partial charge in [0.05, 0.1) is 5.56 Å². The Morgan fingerprint density at radius 3 is 1.90 bits per heavy atom. The van der Waals surface area contributed by atoms with Crippen LogP contribution in [0.2, 0.25) is 0 Å². The number of ketones is 1. The first-order valence-corrected chi connectivity index (χ1v) is 13.4. The maximum Gasteiger partial charge on any atom is 0.416 e. The molecule has 0 spiro atoms. The van der Waals surface area contributed by atoms with Crippen LogP contribution in [0.4, 0.5) is 13.2 Å². The third kappa shape index (κ3) is 8.24. The lowest BCUT2D eigenvalue weighted by molar-refractivity contribution is -0.137. The number of hydrogen-bond acceptors (Lipinski definition) is 3. The summed E-state index contributed by atoms with van der Waals surface area (Å²) in [4.78, 5) is 18.4. The largest absolute Gasteiger partial charge is 0.416 e. The maximum atomic E-state index is 12.7. The van der Waals surface area contributed by atoms with Crippen LogP contribution in [0.3, 0.4) is 0 Å². The van der Waals surface area contributed by atoms with Crippen LogP contribution in [0.25, 0.3) is 0 Å². The molecule has 1 atom stereocenters. The summed E-state index contributed by atoms with van der Waals surface area (Å²) in [7, 11) is 0. The number of Topliss-reactive ketones (excluding diaryl/α,β-unsaturated/α-hetero) is 1. The van der Waals surface area contributed by atoms with E-state index < -0.39 is 11.7 Å². The lowest BCUT2D eigenvalue weighted by atomic mass is 9.93. The van der Waals surface area contributed by atoms with Crippen LogP contribution in [-0.2, 0) is 11.0 Å². The number of halogens is 3. The van der Waals surface area contributed by atoms with Crippen molar-refractivity contribution < 1.29 is 18.0 Å². The van der Waals surface area contributed by atoms with Crippen LogP contribution in [-0.4, -0.2) is 30.0 Å². The number of aliphatic imine (C=N–C) groups is 1. The monoisotopic (exact) mass is 534 g/mol. The van der Waals surface area contributed by atoms with Gasteiger partial charge in [0.25, 0.3) is 0 Å². The maximum absolute atomic E-state index is 12.7. The summed E-state index contributed by atoms with van der Waals surface area (Å²) < 4.78 is 38.2. The molecule has 1 unspecified atom stereocenters. The molecule has 0 aliphatic carbocycles. The Kier molecular flexibility index (Phi) is 10.8. The fourth-order valence-corrected chi connectivity index (χ4v) is 4.93. The molecule has 0 amide bonds. The van der Waals surface area contributed by atoms with Crippen LogP contribution >= 0.6 is 0 Å². The van der Waals surface area contributed by atoms with Crippen LogP contribution < -0.4 is 0 Å². The van der Waals surface area contributed by atoms with E-state index in [1.54, 1.807) is 6.21 Å². The van der Waals surface area contributed by atoms with Crippen molar-refractivity contribution in [2.24, 2.45) is 4.99 Å². The van der Waals surface area contributed by atoms with E-state index in [2.05, 4.69) is 77.5 Å². The molecule has 0 aromatic heterocycles. The topological polar surface area (TPSA) is 32.7 Å². The zero-order valence-corrected chi connectivity index (χ0v) is 23.1. The summed E-state index contributed by atoms with van der Waals surface area (Å²) in [6, 6.07) is 26.5. The molecule has 3 aromatic rings. The first-order chi connectivity index (χ1) is 18.7. The molecule has 6 heteroatoms. The van der Waals surface area contributed by atoms with Gasteiger partial charge in [-0.15, -0.1) is 0 Å². The summed E-state index contributed by atoms with van der Waals surface area (Å²) in [5, 5.41) is 0. The second-order valence-corrected chi connectivity index (χ2v) is 9.68. The van der Waals surface area contributed by atoms with Crippen molar-refractivity contribution in [2.45, 2.75) is 58.7 Å². The van der Waals surface area contributed by atoms with Gasteiger partial charge in [0.2, 0.25) is 0 Å². The van der Waals surface area contributed by atoms with Gasteiger partial charge in [0, 0.05) is 49.0 Å². The van der Waals surface area contributed by atoms with E-state index in [1.165, 1.54) is 30.2 Å². The van der Waals surface area contributed by atoms with Crippen LogP contribution in [0.5, 0.6) is 0 Å². The Balaban J connectivity index is 0.000000252. The second-order valence-electron chi connectivity index (χ2n) is 9.68. The molecule has 0 bridgehead atoms. The molecule has 0 saturated carbocycles. The standard InChI is InChI=1S/C19H23F3N2O.C14H14/c1-4-18(14-6-8-15(9-7-14)19(20,21)22)24-11-10-17(23-5-2)16(12-24)13(3)25;1-12(13-8-4-2-5-9-13)14-10-6-3-7-11-14/h5-9,18H,4,10-12H2,1-3H3;2-12H,1H3. The van der Waals surface area contributed by atoms with E-state index in [-0.39, 0.29) is 11.8 Å². The quantitative estimate of drug-likeness (QED) is 0.284. The van der Waals surface area contributed by atoms with Crippen LogP contribution in [0.1, 0.15) is 74.8 Å². The van der Waals surface area contributed by atoms with E-state index in [0.717, 1.165) is 36.4 Å². The molecule has 3 nitrogen and oxygen atoms in total. The highest BCUT2D eigenvalue weighted by Crippen LogP contribution is 2.33. The van der Waals surface area contributed by atoms with Gasteiger partial charge in [0.1, 0.15) is 0 Å². The van der Waals surface area contributed by atoms with Crippen LogP contribution in [0.15, 0.2) is 101 Å². The Morgan fingerprint density at radius 2 is 1.46 bits per heavy atom. The van der Waals surface area contributed by atoms with Gasteiger partial charge >= 0.3 is 6.18 Å². The lowest BCUT2D eigenvalue weighted by Gasteiger charge is -2.35. The number of hydrogen-bond donors (Lipinski definition) is 0. The van der Waals surface area contributed by atoms with Gasteiger partial charge in [-0.2, -0.15) is 13.2 Å². The number of nitrogens with zero attached hydrogens (tertiary/aromatic N) is 2. The normalized spacial score (nSPS) is 15.3. The smallest absolute Gasteiger partial charge is 0.295 e. The van der Waals surface area contributed by atoms with Crippen molar-refractivity contribution in [2.75, 3.05) is 13.1 Å². The number of benzene rings is 3. The molecular formula is C33H37F3N2O. The third-order valence-corrected chi connectivity index (χ3v) is 7.10. The molecule has 1 heterocycles. The number of carbonyl (C=O) groups excluding carboxylic acids is 1.